The summed E-state index contributed by atoms with van der Waals surface area (Å²) in [7, 11) is -3.66. The molecule has 3 rings (SSSR count). The van der Waals surface area contributed by atoms with Crippen molar-refractivity contribution in [3.63, 3.8) is 0 Å². The van der Waals surface area contributed by atoms with Crippen molar-refractivity contribution < 1.29 is 26.0 Å². The molecule has 0 aromatic heterocycles. The fourth-order valence-electron chi connectivity index (χ4n) is 3.23. The van der Waals surface area contributed by atoms with E-state index in [0.717, 1.165) is 36.0 Å². The van der Waals surface area contributed by atoms with Crippen LogP contribution in [0.3, 0.4) is 0 Å². The van der Waals surface area contributed by atoms with Crippen LogP contribution in [0.2, 0.25) is 0 Å². The molecule has 7 heteroatoms. The quantitative estimate of drug-likeness (QED) is 0.669. The zero-order valence-corrected chi connectivity index (χ0v) is 14.7. The fraction of sp³-hybridized carbons (Fsp3) is 0.263. The molecule has 26 heavy (non-hydrogen) atoms. The van der Waals surface area contributed by atoms with Crippen LogP contribution in [-0.4, -0.2) is 14.7 Å². The molecule has 0 saturated carbocycles. The van der Waals surface area contributed by atoms with E-state index in [9.17, 15) is 26.0 Å². The van der Waals surface area contributed by atoms with Gasteiger partial charge in [-0.1, -0.05) is 18.2 Å². The van der Waals surface area contributed by atoms with Gasteiger partial charge in [0.2, 0.25) is 0 Å². The molecule has 0 heterocycles. The number of benzene rings is 2. The van der Waals surface area contributed by atoms with Crippen LogP contribution in [0.4, 0.5) is 17.6 Å². The standard InChI is InChI=1S/C19H16F4O2S/c1-26(24,25)18-10-7-13(11-17(18)20)16-4-2-3-15(16)12-5-8-14(9-6-12)19(21,22)23/h5-11H,2-4H2,1H3. The molecule has 138 valence electrons. The van der Waals surface area contributed by atoms with E-state index in [2.05, 4.69) is 0 Å². The summed E-state index contributed by atoms with van der Waals surface area (Å²) in [5, 5.41) is 0. The molecule has 0 spiro atoms. The van der Waals surface area contributed by atoms with Crippen LogP contribution in [0.1, 0.15) is 36.0 Å². The second kappa shape index (κ2) is 6.54. The molecular formula is C19H16F4O2S. The summed E-state index contributed by atoms with van der Waals surface area (Å²) in [5.74, 6) is -0.823. The maximum absolute atomic E-state index is 14.2. The van der Waals surface area contributed by atoms with Crippen molar-refractivity contribution in [3.05, 3.63) is 65.0 Å². The lowest BCUT2D eigenvalue weighted by atomic mass is 9.96. The third-order valence-corrected chi connectivity index (χ3v) is 5.59. The van der Waals surface area contributed by atoms with Gasteiger partial charge < -0.3 is 0 Å². The Hall–Kier alpha value is -2.15. The smallest absolute Gasteiger partial charge is 0.224 e. The van der Waals surface area contributed by atoms with Gasteiger partial charge in [-0.25, -0.2) is 12.8 Å². The van der Waals surface area contributed by atoms with Crippen molar-refractivity contribution in [1.82, 2.24) is 0 Å². The lowest BCUT2D eigenvalue weighted by Gasteiger charge is -2.11. The highest BCUT2D eigenvalue weighted by Crippen LogP contribution is 2.41. The largest absolute Gasteiger partial charge is 0.416 e. The first-order valence-corrected chi connectivity index (χ1v) is 9.86. The molecule has 2 nitrogen and oxygen atoms in total. The first kappa shape index (κ1) is 18.6. The summed E-state index contributed by atoms with van der Waals surface area (Å²) in [4.78, 5) is -0.365. The molecule has 0 saturated heterocycles. The molecule has 0 aliphatic heterocycles. The van der Waals surface area contributed by atoms with Gasteiger partial charge in [0.1, 0.15) is 10.7 Å². The predicted molar refractivity (Wildman–Crippen MR) is 91.6 cm³/mol. The van der Waals surface area contributed by atoms with Gasteiger partial charge in [-0.2, -0.15) is 13.2 Å². The van der Waals surface area contributed by atoms with Crippen LogP contribution in [0.15, 0.2) is 47.4 Å². The number of rotatable bonds is 3. The van der Waals surface area contributed by atoms with Gasteiger partial charge in [0.25, 0.3) is 0 Å². The topological polar surface area (TPSA) is 34.1 Å². The minimum atomic E-state index is -4.39. The highest BCUT2D eigenvalue weighted by molar-refractivity contribution is 7.90. The van der Waals surface area contributed by atoms with Crippen LogP contribution < -0.4 is 0 Å². The summed E-state index contributed by atoms with van der Waals surface area (Å²) >= 11 is 0. The van der Waals surface area contributed by atoms with Crippen LogP contribution in [-0.2, 0) is 16.0 Å². The number of alkyl halides is 3. The second-order valence-electron chi connectivity index (χ2n) is 6.30. The molecule has 0 bridgehead atoms. The fourth-order valence-corrected chi connectivity index (χ4v) is 3.96. The Labute approximate surface area is 149 Å². The highest BCUT2D eigenvalue weighted by Gasteiger charge is 2.30. The summed E-state index contributed by atoms with van der Waals surface area (Å²) in [5.41, 5.74) is 2.21. The molecule has 0 fully saturated rings. The molecule has 2 aromatic carbocycles. The monoisotopic (exact) mass is 384 g/mol. The zero-order chi connectivity index (χ0) is 19.1. The van der Waals surface area contributed by atoms with E-state index >= 15 is 0 Å². The molecule has 0 radical (unpaired) electrons. The van der Waals surface area contributed by atoms with Gasteiger partial charge in [-0.15, -0.1) is 0 Å². The van der Waals surface area contributed by atoms with E-state index in [0.29, 0.717) is 24.0 Å². The molecule has 1 aliphatic rings. The number of sulfone groups is 1. The van der Waals surface area contributed by atoms with Crippen LogP contribution >= 0.6 is 0 Å². The van der Waals surface area contributed by atoms with Gasteiger partial charge in [0.05, 0.1) is 5.56 Å². The summed E-state index contributed by atoms with van der Waals surface area (Å²) in [6.45, 7) is 0. The SMILES string of the molecule is CS(=O)(=O)c1ccc(C2=C(c3ccc(C(F)(F)F)cc3)CCC2)cc1F. The van der Waals surface area contributed by atoms with Crippen molar-refractivity contribution in [2.75, 3.05) is 6.26 Å². The average Bonchev–Trinajstić information content (AvgIpc) is 3.02. The van der Waals surface area contributed by atoms with Crippen molar-refractivity contribution in [1.29, 1.82) is 0 Å². The Kier molecular flexibility index (Phi) is 4.69. The van der Waals surface area contributed by atoms with Gasteiger partial charge in [0, 0.05) is 6.26 Å². The number of hydrogen-bond acceptors (Lipinski definition) is 2. The van der Waals surface area contributed by atoms with E-state index in [1.807, 2.05) is 0 Å². The van der Waals surface area contributed by atoms with E-state index in [-0.39, 0.29) is 4.90 Å². The zero-order valence-electron chi connectivity index (χ0n) is 13.9. The van der Waals surface area contributed by atoms with Gasteiger partial charge >= 0.3 is 6.18 Å². The van der Waals surface area contributed by atoms with E-state index in [1.165, 1.54) is 24.3 Å². The summed E-state index contributed by atoms with van der Waals surface area (Å²) < 4.78 is 75.4. The summed E-state index contributed by atoms with van der Waals surface area (Å²) in [6.07, 6.45) is -1.31. The lowest BCUT2D eigenvalue weighted by molar-refractivity contribution is -0.137. The van der Waals surface area contributed by atoms with E-state index < -0.39 is 27.4 Å². The minimum absolute atomic E-state index is 0.365. The molecule has 2 aromatic rings. The molecule has 0 amide bonds. The molecule has 0 N–H and O–H groups in total. The number of hydrogen-bond donors (Lipinski definition) is 0. The highest BCUT2D eigenvalue weighted by atomic mass is 32.2. The molecule has 0 atom stereocenters. The van der Waals surface area contributed by atoms with Crippen molar-refractivity contribution in [2.24, 2.45) is 0 Å². The maximum atomic E-state index is 14.2. The Bertz CT molecular complexity index is 972. The third kappa shape index (κ3) is 3.67. The Balaban J connectivity index is 2.02. The van der Waals surface area contributed by atoms with Gasteiger partial charge in [-0.05, 0) is 65.8 Å². The maximum Gasteiger partial charge on any atom is 0.416 e. The Morgan fingerprint density at radius 2 is 1.42 bits per heavy atom. The first-order chi connectivity index (χ1) is 12.1. The Morgan fingerprint density at radius 1 is 0.885 bits per heavy atom. The first-order valence-electron chi connectivity index (χ1n) is 7.97. The van der Waals surface area contributed by atoms with Crippen LogP contribution in [0.25, 0.3) is 11.1 Å². The molecule has 1 aliphatic carbocycles. The second-order valence-corrected chi connectivity index (χ2v) is 8.29. The van der Waals surface area contributed by atoms with Gasteiger partial charge in [0.15, 0.2) is 9.84 Å². The number of allylic oxidation sites excluding steroid dienone is 2. The average molecular weight is 384 g/mol. The Morgan fingerprint density at radius 3 is 1.92 bits per heavy atom. The van der Waals surface area contributed by atoms with Crippen LogP contribution in [0, 0.1) is 5.82 Å². The van der Waals surface area contributed by atoms with Gasteiger partial charge in [-0.3, -0.25) is 0 Å². The lowest BCUT2D eigenvalue weighted by Crippen LogP contribution is -2.04. The molecular weight excluding hydrogens is 368 g/mol. The third-order valence-electron chi connectivity index (χ3n) is 4.46. The summed E-state index contributed by atoms with van der Waals surface area (Å²) in [6, 6.07) is 8.87. The normalized spacial score (nSPS) is 15.6. The molecule has 0 unspecified atom stereocenters. The number of halogens is 4. The van der Waals surface area contributed by atoms with Crippen molar-refractivity contribution >= 4 is 21.0 Å². The van der Waals surface area contributed by atoms with Crippen molar-refractivity contribution in [2.45, 2.75) is 30.3 Å². The van der Waals surface area contributed by atoms with E-state index in [1.54, 1.807) is 6.07 Å². The predicted octanol–water partition coefficient (Wildman–Crippen LogP) is 5.34. The van der Waals surface area contributed by atoms with E-state index in [4.69, 9.17) is 0 Å². The minimum Gasteiger partial charge on any atom is -0.224 e. The van der Waals surface area contributed by atoms with Crippen LogP contribution in [0.5, 0.6) is 0 Å². The van der Waals surface area contributed by atoms with Crippen molar-refractivity contribution in [3.8, 4) is 0 Å².